The van der Waals surface area contributed by atoms with Crippen molar-refractivity contribution < 1.29 is 39.8 Å². The summed E-state index contributed by atoms with van der Waals surface area (Å²) in [4.78, 5) is 13.2. The number of nitrogens with one attached hydrogen (secondary N) is 1. The molecule has 1 aliphatic rings. The van der Waals surface area contributed by atoms with Gasteiger partial charge in [-0.25, -0.2) is 0 Å². The quantitative estimate of drug-likeness (QED) is 0.0330. The third kappa shape index (κ3) is 54.9. The molecule has 7 unspecified atom stereocenters. The van der Waals surface area contributed by atoms with E-state index < -0.39 is 49.5 Å². The fraction of sp³-hybridized carbons (Fsp3) is 0.987. The van der Waals surface area contributed by atoms with E-state index >= 15 is 0 Å². The Kier molecular flexibility index (Phi) is 64.9. The summed E-state index contributed by atoms with van der Waals surface area (Å²) in [5.74, 6) is -0.132. The minimum absolute atomic E-state index is 0.130. The summed E-state index contributed by atoms with van der Waals surface area (Å²) in [5.41, 5.74) is 0. The highest BCUT2D eigenvalue weighted by Crippen LogP contribution is 2.24. The molecule has 0 aliphatic carbocycles. The predicted molar refractivity (Wildman–Crippen MR) is 369 cm³/mol. The molecule has 514 valence electrons. The predicted octanol–water partition coefficient (Wildman–Crippen LogP) is 22.0. The Morgan fingerprint density at radius 2 is 0.581 bits per heavy atom. The number of hydrogen-bond donors (Lipinski definition) is 6. The molecule has 0 spiro atoms. The summed E-state index contributed by atoms with van der Waals surface area (Å²) in [6.45, 7) is 3.92. The Morgan fingerprint density at radius 3 is 0.826 bits per heavy atom. The van der Waals surface area contributed by atoms with Crippen molar-refractivity contribution in [1.82, 2.24) is 5.32 Å². The van der Waals surface area contributed by atoms with Crippen LogP contribution in [0.25, 0.3) is 0 Å². The molecule has 1 amide bonds. The normalized spacial score (nSPS) is 17.9. The van der Waals surface area contributed by atoms with Crippen molar-refractivity contribution in [2.75, 3.05) is 13.2 Å². The second kappa shape index (κ2) is 67.1. The average molecular weight is 1220 g/mol. The van der Waals surface area contributed by atoms with Crippen LogP contribution in [0, 0.1) is 0 Å². The lowest BCUT2D eigenvalue weighted by Gasteiger charge is -2.40. The summed E-state index contributed by atoms with van der Waals surface area (Å²) < 4.78 is 11.4. The zero-order chi connectivity index (χ0) is 62.1. The molecule has 1 rings (SSSR count). The lowest BCUT2D eigenvalue weighted by Crippen LogP contribution is -2.60. The Hall–Kier alpha value is -0.810. The second-order valence-electron chi connectivity index (χ2n) is 27.9. The van der Waals surface area contributed by atoms with E-state index in [4.69, 9.17) is 9.47 Å². The first-order valence-electron chi connectivity index (χ1n) is 39.2. The van der Waals surface area contributed by atoms with Crippen LogP contribution >= 0.6 is 0 Å². The van der Waals surface area contributed by atoms with Gasteiger partial charge in [-0.05, 0) is 12.8 Å². The molecule has 0 aromatic heterocycles. The molecule has 1 saturated heterocycles. The van der Waals surface area contributed by atoms with Crippen molar-refractivity contribution in [1.29, 1.82) is 0 Å². The molecule has 7 atom stereocenters. The minimum Gasteiger partial charge on any atom is -0.394 e. The van der Waals surface area contributed by atoms with Crippen molar-refractivity contribution in [3.8, 4) is 0 Å². The zero-order valence-electron chi connectivity index (χ0n) is 57.9. The molecule has 9 heteroatoms. The van der Waals surface area contributed by atoms with Crippen LogP contribution in [-0.2, 0) is 14.3 Å². The summed E-state index contributed by atoms with van der Waals surface area (Å²) in [5, 5.41) is 55.1. The number of amides is 1. The van der Waals surface area contributed by atoms with Gasteiger partial charge in [0.05, 0.1) is 25.4 Å². The monoisotopic (exact) mass is 1220 g/mol. The lowest BCUT2D eigenvalue weighted by molar-refractivity contribution is -0.302. The number of rotatable bonds is 71. The van der Waals surface area contributed by atoms with E-state index in [0.717, 1.165) is 38.5 Å². The van der Waals surface area contributed by atoms with Crippen LogP contribution < -0.4 is 5.32 Å². The van der Waals surface area contributed by atoms with E-state index in [1.807, 2.05) is 0 Å². The van der Waals surface area contributed by atoms with Crippen LogP contribution in [0.1, 0.15) is 431 Å². The van der Waals surface area contributed by atoms with Crippen molar-refractivity contribution in [2.24, 2.45) is 0 Å². The molecule has 1 aliphatic heterocycles. The molecule has 86 heavy (non-hydrogen) atoms. The summed E-state index contributed by atoms with van der Waals surface area (Å²) in [6, 6.07) is -0.716. The van der Waals surface area contributed by atoms with E-state index in [1.165, 1.54) is 366 Å². The number of aliphatic hydroxyl groups excluding tert-OH is 5. The van der Waals surface area contributed by atoms with Gasteiger partial charge in [0.1, 0.15) is 24.4 Å². The smallest absolute Gasteiger partial charge is 0.220 e. The molecule has 0 saturated carbocycles. The zero-order valence-corrected chi connectivity index (χ0v) is 57.9. The van der Waals surface area contributed by atoms with E-state index in [0.29, 0.717) is 12.8 Å². The molecular weight excluding hydrogens is 1070 g/mol. The molecule has 0 aromatic rings. The highest BCUT2D eigenvalue weighted by Gasteiger charge is 2.44. The van der Waals surface area contributed by atoms with Gasteiger partial charge in [0.15, 0.2) is 6.29 Å². The second-order valence-corrected chi connectivity index (χ2v) is 27.9. The van der Waals surface area contributed by atoms with Gasteiger partial charge in [-0.1, -0.05) is 412 Å². The van der Waals surface area contributed by atoms with Crippen LogP contribution in [0.2, 0.25) is 0 Å². The molecule has 1 heterocycles. The van der Waals surface area contributed by atoms with Gasteiger partial charge in [0, 0.05) is 6.42 Å². The standard InChI is InChI=1S/C77H153NO8/c1-3-5-7-9-11-13-15-17-19-21-23-25-27-29-31-32-33-34-35-36-37-38-39-41-43-45-47-49-51-53-55-57-59-61-63-65-67-73(81)78-70(69-85-77-76(84)75(83)74(82)72(68-79)86-77)71(80)66-64-62-60-58-56-54-52-50-48-46-44-42-40-30-28-26-24-22-20-18-16-14-12-10-8-6-4-2/h70-72,74-77,79-80,82-84H,3-69H2,1-2H3,(H,78,81). The Labute approximate surface area is 535 Å². The van der Waals surface area contributed by atoms with E-state index in [-0.39, 0.29) is 12.5 Å². The lowest BCUT2D eigenvalue weighted by atomic mass is 9.99. The molecule has 0 aromatic carbocycles. The van der Waals surface area contributed by atoms with Crippen molar-refractivity contribution in [3.63, 3.8) is 0 Å². The highest BCUT2D eigenvalue weighted by molar-refractivity contribution is 5.76. The number of carbonyl (C=O) groups excluding carboxylic acids is 1. The molecular formula is C77H153NO8. The molecule has 9 nitrogen and oxygen atoms in total. The third-order valence-electron chi connectivity index (χ3n) is 19.5. The van der Waals surface area contributed by atoms with Gasteiger partial charge in [-0.3, -0.25) is 4.79 Å². The number of unbranched alkanes of at least 4 members (excludes halogenated alkanes) is 61. The molecule has 1 fully saturated rings. The van der Waals surface area contributed by atoms with Crippen LogP contribution in [0.5, 0.6) is 0 Å². The Bertz CT molecular complexity index is 1320. The average Bonchev–Trinajstić information content (AvgIpc) is 3.47. The maximum absolute atomic E-state index is 13.2. The third-order valence-corrected chi connectivity index (χ3v) is 19.5. The Morgan fingerprint density at radius 1 is 0.349 bits per heavy atom. The van der Waals surface area contributed by atoms with Gasteiger partial charge >= 0.3 is 0 Å². The first kappa shape index (κ1) is 83.2. The highest BCUT2D eigenvalue weighted by atomic mass is 16.7. The first-order chi connectivity index (χ1) is 42.3. The Balaban J connectivity index is 2.04. The van der Waals surface area contributed by atoms with Crippen LogP contribution in [0.4, 0.5) is 0 Å². The number of hydrogen-bond acceptors (Lipinski definition) is 8. The summed E-state index contributed by atoms with van der Waals surface area (Å²) in [6.07, 6.45) is 79.3. The van der Waals surface area contributed by atoms with E-state index in [9.17, 15) is 30.3 Å². The molecule has 0 bridgehead atoms. The van der Waals surface area contributed by atoms with Crippen LogP contribution in [-0.4, -0.2) is 87.5 Å². The summed E-state index contributed by atoms with van der Waals surface area (Å²) >= 11 is 0. The van der Waals surface area contributed by atoms with Gasteiger partial charge in [0.2, 0.25) is 5.91 Å². The van der Waals surface area contributed by atoms with Crippen molar-refractivity contribution in [2.45, 2.75) is 474 Å². The summed E-state index contributed by atoms with van der Waals surface area (Å²) in [7, 11) is 0. The SMILES string of the molecule is CCCCCCCCCCCCCCCCCCCCCCCCCCCCCCCCCCCCCCC(=O)NC(COC1OC(CO)C(O)C(O)C1O)C(O)CCCCCCCCCCCCCCCCCCCCCCCCCCCCC. The van der Waals surface area contributed by atoms with E-state index in [1.54, 1.807) is 0 Å². The van der Waals surface area contributed by atoms with Gasteiger partial charge in [-0.2, -0.15) is 0 Å². The van der Waals surface area contributed by atoms with E-state index in [2.05, 4.69) is 19.2 Å². The van der Waals surface area contributed by atoms with Crippen LogP contribution in [0.15, 0.2) is 0 Å². The first-order valence-corrected chi connectivity index (χ1v) is 39.2. The largest absolute Gasteiger partial charge is 0.394 e. The number of aliphatic hydroxyl groups is 5. The van der Waals surface area contributed by atoms with Crippen LogP contribution in [0.3, 0.4) is 0 Å². The number of ether oxygens (including phenoxy) is 2. The van der Waals surface area contributed by atoms with Crippen molar-refractivity contribution >= 4 is 5.91 Å². The number of carbonyl (C=O) groups is 1. The maximum Gasteiger partial charge on any atom is 0.220 e. The maximum atomic E-state index is 13.2. The van der Waals surface area contributed by atoms with Gasteiger partial charge in [0.25, 0.3) is 0 Å². The molecule has 6 N–H and O–H groups in total. The molecule has 0 radical (unpaired) electrons. The fourth-order valence-electron chi connectivity index (χ4n) is 13.3. The van der Waals surface area contributed by atoms with Gasteiger partial charge in [-0.15, -0.1) is 0 Å². The topological polar surface area (TPSA) is 149 Å². The van der Waals surface area contributed by atoms with Crippen molar-refractivity contribution in [3.05, 3.63) is 0 Å². The fourth-order valence-corrected chi connectivity index (χ4v) is 13.3. The van der Waals surface area contributed by atoms with Gasteiger partial charge < -0.3 is 40.3 Å². The minimum atomic E-state index is -1.55.